The van der Waals surface area contributed by atoms with Crippen molar-refractivity contribution in [1.82, 2.24) is 0 Å². The molecule has 0 aliphatic heterocycles. The molecule has 0 bridgehead atoms. The Hall–Kier alpha value is -4.84. The van der Waals surface area contributed by atoms with Crippen LogP contribution in [0.15, 0.2) is 110 Å². The van der Waals surface area contributed by atoms with Gasteiger partial charge >= 0.3 is 0 Å². The van der Waals surface area contributed by atoms with Gasteiger partial charge in [0.2, 0.25) is 0 Å². The molecule has 228 valence electrons. The van der Waals surface area contributed by atoms with Gasteiger partial charge in [-0.1, -0.05) is 42.5 Å². The van der Waals surface area contributed by atoms with Gasteiger partial charge in [-0.25, -0.2) is 4.39 Å². The average molecular weight is 595 g/mol. The molecule has 0 fully saturated rings. The predicted octanol–water partition coefficient (Wildman–Crippen LogP) is 9.23. The SMILES string of the molecule is C=C(C)c1ccc(OCCCCCCOc2ccc(OCCOc3ccc(/C=C/C(=O)c4ccc(F)cc4)cc3)cc2)cc1. The van der Waals surface area contributed by atoms with E-state index in [0.717, 1.165) is 59.6 Å². The summed E-state index contributed by atoms with van der Waals surface area (Å²) in [6.07, 6.45) is 7.39. The quantitative estimate of drug-likeness (QED) is 0.0653. The molecular weight excluding hydrogens is 555 g/mol. The summed E-state index contributed by atoms with van der Waals surface area (Å²) in [6.45, 7) is 8.14. The van der Waals surface area contributed by atoms with Crippen molar-refractivity contribution in [3.05, 3.63) is 132 Å². The molecule has 0 atom stereocenters. The summed E-state index contributed by atoms with van der Waals surface area (Å²) in [7, 11) is 0. The summed E-state index contributed by atoms with van der Waals surface area (Å²) in [4.78, 5) is 12.2. The largest absolute Gasteiger partial charge is 0.494 e. The van der Waals surface area contributed by atoms with Crippen LogP contribution in [0.2, 0.25) is 0 Å². The summed E-state index contributed by atoms with van der Waals surface area (Å²) in [6, 6.07) is 28.6. The number of hydrogen-bond donors (Lipinski definition) is 0. The van der Waals surface area contributed by atoms with Crippen molar-refractivity contribution in [2.24, 2.45) is 0 Å². The van der Waals surface area contributed by atoms with E-state index in [4.69, 9.17) is 18.9 Å². The Morgan fingerprint density at radius 1 is 0.591 bits per heavy atom. The van der Waals surface area contributed by atoms with Crippen LogP contribution in [0.25, 0.3) is 11.6 Å². The fourth-order valence-electron chi connectivity index (χ4n) is 4.28. The van der Waals surface area contributed by atoms with Gasteiger partial charge in [0.1, 0.15) is 42.0 Å². The molecular formula is C38H39FO5. The standard InChI is InChI=1S/C38H39FO5/c1-29(2)31-12-18-35(19-13-31)41-25-5-3-4-6-26-42-36-20-22-37(23-21-36)44-28-27-43-34-16-7-30(8-17-34)9-24-38(40)32-10-14-33(39)15-11-32/h7-24H,1,3-6,25-28H2,2H3/b24-9+. The molecule has 0 aliphatic carbocycles. The molecule has 0 heterocycles. The molecule has 6 heteroatoms. The van der Waals surface area contributed by atoms with E-state index in [1.54, 1.807) is 6.08 Å². The second-order valence-electron chi connectivity index (χ2n) is 10.4. The Morgan fingerprint density at radius 3 is 1.48 bits per heavy atom. The molecule has 4 aromatic carbocycles. The summed E-state index contributed by atoms with van der Waals surface area (Å²) in [5.74, 6) is 2.63. The molecule has 4 aromatic rings. The number of rotatable bonds is 18. The first-order chi connectivity index (χ1) is 21.5. The summed E-state index contributed by atoms with van der Waals surface area (Å²) < 4.78 is 36.2. The lowest BCUT2D eigenvalue weighted by molar-refractivity contribution is 0.104. The topological polar surface area (TPSA) is 54.0 Å². The van der Waals surface area contributed by atoms with Crippen molar-refractivity contribution in [1.29, 1.82) is 0 Å². The van der Waals surface area contributed by atoms with Crippen LogP contribution in [0.4, 0.5) is 4.39 Å². The van der Waals surface area contributed by atoms with Crippen LogP contribution in [0, 0.1) is 5.82 Å². The number of allylic oxidation sites excluding steroid dienone is 2. The molecule has 0 saturated carbocycles. The van der Waals surface area contributed by atoms with Crippen LogP contribution in [-0.2, 0) is 0 Å². The lowest BCUT2D eigenvalue weighted by Gasteiger charge is -2.10. The lowest BCUT2D eigenvalue weighted by atomic mass is 10.1. The van der Waals surface area contributed by atoms with Gasteiger partial charge < -0.3 is 18.9 Å². The van der Waals surface area contributed by atoms with Gasteiger partial charge in [-0.3, -0.25) is 4.79 Å². The van der Waals surface area contributed by atoms with E-state index in [-0.39, 0.29) is 11.6 Å². The summed E-state index contributed by atoms with van der Waals surface area (Å²) >= 11 is 0. The Kier molecular flexibility index (Phi) is 12.6. The number of unbranched alkanes of at least 4 members (excludes halogenated alkanes) is 3. The van der Waals surface area contributed by atoms with E-state index in [1.165, 1.54) is 30.3 Å². The summed E-state index contributed by atoms with van der Waals surface area (Å²) in [5, 5.41) is 0. The second kappa shape index (κ2) is 17.3. The van der Waals surface area contributed by atoms with Gasteiger partial charge in [-0.2, -0.15) is 0 Å². The number of carbonyl (C=O) groups is 1. The van der Waals surface area contributed by atoms with Crippen molar-refractivity contribution in [2.75, 3.05) is 26.4 Å². The minimum Gasteiger partial charge on any atom is -0.494 e. The zero-order valence-electron chi connectivity index (χ0n) is 25.2. The maximum atomic E-state index is 13.0. The molecule has 0 aliphatic rings. The first kappa shape index (κ1) is 32.1. The maximum Gasteiger partial charge on any atom is 0.185 e. The highest BCUT2D eigenvalue weighted by Gasteiger charge is 2.03. The van der Waals surface area contributed by atoms with Crippen molar-refractivity contribution >= 4 is 17.4 Å². The van der Waals surface area contributed by atoms with E-state index in [0.29, 0.717) is 37.7 Å². The fraction of sp³-hybridized carbons (Fsp3) is 0.237. The van der Waals surface area contributed by atoms with Crippen LogP contribution < -0.4 is 18.9 Å². The van der Waals surface area contributed by atoms with Gasteiger partial charge in [-0.05, 0) is 123 Å². The highest BCUT2D eigenvalue weighted by Crippen LogP contribution is 2.20. The highest BCUT2D eigenvalue weighted by molar-refractivity contribution is 6.06. The normalized spacial score (nSPS) is 10.9. The number of ketones is 1. The van der Waals surface area contributed by atoms with E-state index in [2.05, 4.69) is 6.58 Å². The smallest absolute Gasteiger partial charge is 0.185 e. The Bertz CT molecular complexity index is 1470. The Labute approximate surface area is 259 Å². The van der Waals surface area contributed by atoms with Crippen LogP contribution in [0.3, 0.4) is 0 Å². The number of ether oxygens (including phenoxy) is 4. The minimum atomic E-state index is -0.368. The molecule has 0 N–H and O–H groups in total. The van der Waals surface area contributed by atoms with Gasteiger partial charge in [-0.15, -0.1) is 0 Å². The molecule has 0 radical (unpaired) electrons. The first-order valence-corrected chi connectivity index (χ1v) is 14.9. The Balaban J connectivity index is 1.03. The zero-order chi connectivity index (χ0) is 31.0. The van der Waals surface area contributed by atoms with Crippen molar-refractivity contribution in [3.63, 3.8) is 0 Å². The van der Waals surface area contributed by atoms with Crippen molar-refractivity contribution in [3.8, 4) is 23.0 Å². The van der Waals surface area contributed by atoms with Gasteiger partial charge in [0.15, 0.2) is 5.78 Å². The third kappa shape index (κ3) is 11.1. The van der Waals surface area contributed by atoms with Gasteiger partial charge in [0.25, 0.3) is 0 Å². The van der Waals surface area contributed by atoms with Crippen molar-refractivity contribution < 1.29 is 28.1 Å². The van der Waals surface area contributed by atoms with Crippen LogP contribution in [0.5, 0.6) is 23.0 Å². The molecule has 0 unspecified atom stereocenters. The molecule has 0 amide bonds. The molecule has 0 aromatic heterocycles. The predicted molar refractivity (Wildman–Crippen MR) is 174 cm³/mol. The Morgan fingerprint density at radius 2 is 1.00 bits per heavy atom. The lowest BCUT2D eigenvalue weighted by Crippen LogP contribution is -2.09. The highest BCUT2D eigenvalue weighted by atomic mass is 19.1. The van der Waals surface area contributed by atoms with E-state index >= 15 is 0 Å². The second-order valence-corrected chi connectivity index (χ2v) is 10.4. The van der Waals surface area contributed by atoms with Gasteiger partial charge in [0, 0.05) is 5.56 Å². The third-order valence-electron chi connectivity index (χ3n) is 6.80. The van der Waals surface area contributed by atoms with Crippen molar-refractivity contribution in [2.45, 2.75) is 32.6 Å². The number of halogens is 1. The monoisotopic (exact) mass is 594 g/mol. The number of carbonyl (C=O) groups excluding carboxylic acids is 1. The van der Waals surface area contributed by atoms with E-state index in [9.17, 15) is 9.18 Å². The van der Waals surface area contributed by atoms with E-state index < -0.39 is 0 Å². The molecule has 0 saturated heterocycles. The number of hydrogen-bond acceptors (Lipinski definition) is 5. The first-order valence-electron chi connectivity index (χ1n) is 14.9. The number of benzene rings is 4. The van der Waals surface area contributed by atoms with Crippen LogP contribution in [0.1, 0.15) is 54.1 Å². The minimum absolute atomic E-state index is 0.183. The molecule has 44 heavy (non-hydrogen) atoms. The van der Waals surface area contributed by atoms with Crippen LogP contribution >= 0.6 is 0 Å². The maximum absolute atomic E-state index is 13.0. The molecule has 5 nitrogen and oxygen atoms in total. The average Bonchev–Trinajstić information content (AvgIpc) is 3.05. The summed E-state index contributed by atoms with van der Waals surface area (Å²) in [5.41, 5.74) is 3.49. The van der Waals surface area contributed by atoms with E-state index in [1.807, 2.05) is 79.7 Å². The van der Waals surface area contributed by atoms with Gasteiger partial charge in [0.05, 0.1) is 13.2 Å². The van der Waals surface area contributed by atoms with Crippen LogP contribution in [-0.4, -0.2) is 32.2 Å². The fourth-order valence-corrected chi connectivity index (χ4v) is 4.28. The molecule has 4 rings (SSSR count). The third-order valence-corrected chi connectivity index (χ3v) is 6.80. The zero-order valence-corrected chi connectivity index (χ0v) is 25.2. The molecule has 0 spiro atoms.